The predicted molar refractivity (Wildman–Crippen MR) is 105 cm³/mol. The first-order valence-corrected chi connectivity index (χ1v) is 10.1. The number of ether oxygens (including phenoxy) is 2. The number of aliphatic hydroxyl groups is 1. The molecule has 0 aliphatic carbocycles. The van der Waals surface area contributed by atoms with E-state index in [1.54, 1.807) is 7.11 Å². The van der Waals surface area contributed by atoms with Crippen LogP contribution in [0.1, 0.15) is 26.3 Å². The predicted octanol–water partition coefficient (Wildman–Crippen LogP) is 2.37. The van der Waals surface area contributed by atoms with Crippen molar-refractivity contribution >= 4 is 11.8 Å². The van der Waals surface area contributed by atoms with Crippen LogP contribution in [0.2, 0.25) is 0 Å². The van der Waals surface area contributed by atoms with E-state index >= 15 is 0 Å². The number of aliphatic hydroxyl groups excluding tert-OH is 1. The number of methoxy groups -OCH3 is 1. The highest BCUT2D eigenvalue weighted by atomic mass is 32.2. The Morgan fingerprint density at radius 1 is 1.24 bits per heavy atom. The molecule has 0 amide bonds. The normalized spacial score (nSPS) is 17.3. The van der Waals surface area contributed by atoms with E-state index in [2.05, 4.69) is 31.0 Å². The summed E-state index contributed by atoms with van der Waals surface area (Å²) in [6.45, 7) is 10.2. The summed E-state index contributed by atoms with van der Waals surface area (Å²) in [6, 6.07) is 5.94. The third-order valence-corrected chi connectivity index (χ3v) is 5.00. The molecule has 142 valence electrons. The van der Waals surface area contributed by atoms with E-state index in [4.69, 9.17) is 9.47 Å². The first-order chi connectivity index (χ1) is 11.9. The van der Waals surface area contributed by atoms with Crippen molar-refractivity contribution in [2.24, 2.45) is 0 Å². The van der Waals surface area contributed by atoms with Gasteiger partial charge in [0.25, 0.3) is 0 Å². The Bertz CT molecular complexity index is 528. The molecule has 1 heterocycles. The standard InChI is InChI=1S/C19H32N2O3S/c1-19(2,3)20-12-15-5-6-17(18(11-15)23-4)24-14-16(22)13-21-7-9-25-10-8-21/h5-6,11,16,20,22H,7-10,12-14H2,1-4H3. The summed E-state index contributed by atoms with van der Waals surface area (Å²) in [5, 5.41) is 13.7. The molecule has 1 atom stereocenters. The topological polar surface area (TPSA) is 54.0 Å². The van der Waals surface area contributed by atoms with Gasteiger partial charge in [-0.3, -0.25) is 4.90 Å². The van der Waals surface area contributed by atoms with Crippen LogP contribution in [0.25, 0.3) is 0 Å². The second kappa shape index (κ2) is 9.67. The molecule has 0 radical (unpaired) electrons. The van der Waals surface area contributed by atoms with Gasteiger partial charge in [-0.2, -0.15) is 11.8 Å². The fourth-order valence-electron chi connectivity index (χ4n) is 2.63. The summed E-state index contributed by atoms with van der Waals surface area (Å²) >= 11 is 1.97. The lowest BCUT2D eigenvalue weighted by Crippen LogP contribution is -2.40. The minimum absolute atomic E-state index is 0.0689. The summed E-state index contributed by atoms with van der Waals surface area (Å²) in [5.74, 6) is 3.67. The zero-order valence-electron chi connectivity index (χ0n) is 15.9. The second-order valence-electron chi connectivity index (χ2n) is 7.47. The fourth-order valence-corrected chi connectivity index (χ4v) is 3.61. The maximum atomic E-state index is 10.2. The number of nitrogens with one attached hydrogen (secondary N) is 1. The number of hydrogen-bond acceptors (Lipinski definition) is 6. The molecule has 0 saturated carbocycles. The van der Waals surface area contributed by atoms with Gasteiger partial charge in [0.15, 0.2) is 11.5 Å². The van der Waals surface area contributed by atoms with E-state index in [-0.39, 0.29) is 12.1 Å². The second-order valence-corrected chi connectivity index (χ2v) is 8.69. The van der Waals surface area contributed by atoms with Gasteiger partial charge in [0.05, 0.1) is 7.11 Å². The van der Waals surface area contributed by atoms with Crippen LogP contribution in [-0.4, -0.2) is 66.5 Å². The van der Waals surface area contributed by atoms with Gasteiger partial charge in [0, 0.05) is 43.2 Å². The molecule has 6 heteroatoms. The molecule has 25 heavy (non-hydrogen) atoms. The molecule has 1 aliphatic rings. The Hall–Kier alpha value is -0.950. The van der Waals surface area contributed by atoms with Crippen LogP contribution in [0.15, 0.2) is 18.2 Å². The molecule has 5 nitrogen and oxygen atoms in total. The van der Waals surface area contributed by atoms with E-state index in [0.29, 0.717) is 18.0 Å². The third-order valence-electron chi connectivity index (χ3n) is 4.05. The van der Waals surface area contributed by atoms with Crippen molar-refractivity contribution < 1.29 is 14.6 Å². The van der Waals surface area contributed by atoms with Gasteiger partial charge in [-0.25, -0.2) is 0 Å². The van der Waals surface area contributed by atoms with Gasteiger partial charge in [-0.05, 0) is 38.5 Å². The van der Waals surface area contributed by atoms with Crippen LogP contribution in [0.3, 0.4) is 0 Å². The van der Waals surface area contributed by atoms with Crippen molar-refractivity contribution in [2.45, 2.75) is 39.0 Å². The third kappa shape index (κ3) is 7.44. The Labute approximate surface area is 156 Å². The Morgan fingerprint density at radius 2 is 1.96 bits per heavy atom. The monoisotopic (exact) mass is 368 g/mol. The average molecular weight is 369 g/mol. The number of benzene rings is 1. The molecule has 1 fully saturated rings. The lowest BCUT2D eigenvalue weighted by atomic mass is 10.1. The van der Waals surface area contributed by atoms with Gasteiger partial charge in [0.1, 0.15) is 12.7 Å². The van der Waals surface area contributed by atoms with Crippen LogP contribution in [-0.2, 0) is 6.54 Å². The van der Waals surface area contributed by atoms with Crippen molar-refractivity contribution in [3.8, 4) is 11.5 Å². The summed E-state index contributed by atoms with van der Waals surface area (Å²) in [5.41, 5.74) is 1.21. The van der Waals surface area contributed by atoms with Gasteiger partial charge in [0.2, 0.25) is 0 Å². The summed E-state index contributed by atoms with van der Waals surface area (Å²) in [6.07, 6.45) is -0.491. The summed E-state index contributed by atoms with van der Waals surface area (Å²) in [4.78, 5) is 2.29. The lowest BCUT2D eigenvalue weighted by Gasteiger charge is -2.28. The highest BCUT2D eigenvalue weighted by Gasteiger charge is 2.16. The molecule has 1 aromatic carbocycles. The minimum atomic E-state index is -0.491. The molecule has 1 aromatic rings. The minimum Gasteiger partial charge on any atom is -0.493 e. The van der Waals surface area contributed by atoms with Gasteiger partial charge in [-0.15, -0.1) is 0 Å². The molecule has 2 rings (SSSR count). The SMILES string of the molecule is COc1cc(CNC(C)(C)C)ccc1OCC(O)CN1CCSCC1. The lowest BCUT2D eigenvalue weighted by molar-refractivity contribution is 0.0705. The van der Waals surface area contributed by atoms with Crippen LogP contribution in [0.5, 0.6) is 11.5 Å². The van der Waals surface area contributed by atoms with Crippen molar-refractivity contribution in [3.05, 3.63) is 23.8 Å². The first kappa shape index (κ1) is 20.4. The molecule has 1 saturated heterocycles. The summed E-state index contributed by atoms with van der Waals surface area (Å²) in [7, 11) is 1.64. The number of hydrogen-bond donors (Lipinski definition) is 2. The Kier molecular flexibility index (Phi) is 7.87. The highest BCUT2D eigenvalue weighted by molar-refractivity contribution is 7.99. The number of thioether (sulfide) groups is 1. The largest absolute Gasteiger partial charge is 0.493 e. The number of β-amino-alcohol motifs (C(OH)–C–C–N with tert-alkyl or cyclic N) is 1. The molecule has 0 bridgehead atoms. The van der Waals surface area contributed by atoms with E-state index < -0.39 is 6.10 Å². The first-order valence-electron chi connectivity index (χ1n) is 8.90. The number of nitrogens with zero attached hydrogens (tertiary/aromatic N) is 1. The van der Waals surface area contributed by atoms with E-state index in [1.807, 2.05) is 30.0 Å². The van der Waals surface area contributed by atoms with Gasteiger partial charge < -0.3 is 19.9 Å². The molecule has 2 N–H and O–H groups in total. The molecule has 0 spiro atoms. The van der Waals surface area contributed by atoms with Crippen molar-refractivity contribution in [1.82, 2.24) is 10.2 Å². The quantitative estimate of drug-likeness (QED) is 0.735. The van der Waals surface area contributed by atoms with Crippen molar-refractivity contribution in [3.63, 3.8) is 0 Å². The van der Waals surface area contributed by atoms with Gasteiger partial charge in [-0.1, -0.05) is 6.07 Å². The fraction of sp³-hybridized carbons (Fsp3) is 0.684. The van der Waals surface area contributed by atoms with Crippen LogP contribution < -0.4 is 14.8 Å². The number of rotatable bonds is 8. The van der Waals surface area contributed by atoms with E-state index in [9.17, 15) is 5.11 Å². The molecular formula is C19H32N2O3S. The molecule has 1 aliphatic heterocycles. The molecular weight excluding hydrogens is 336 g/mol. The highest BCUT2D eigenvalue weighted by Crippen LogP contribution is 2.28. The van der Waals surface area contributed by atoms with E-state index in [0.717, 1.165) is 36.7 Å². The zero-order chi connectivity index (χ0) is 18.3. The van der Waals surface area contributed by atoms with Crippen LogP contribution >= 0.6 is 11.8 Å². The Morgan fingerprint density at radius 3 is 2.60 bits per heavy atom. The summed E-state index contributed by atoms with van der Waals surface area (Å²) < 4.78 is 11.3. The maximum absolute atomic E-state index is 10.2. The van der Waals surface area contributed by atoms with Gasteiger partial charge >= 0.3 is 0 Å². The average Bonchev–Trinajstić information content (AvgIpc) is 2.58. The Balaban J connectivity index is 1.85. The van der Waals surface area contributed by atoms with E-state index in [1.165, 1.54) is 0 Å². The molecule has 0 aromatic heterocycles. The zero-order valence-corrected chi connectivity index (χ0v) is 16.7. The van der Waals surface area contributed by atoms with Crippen molar-refractivity contribution in [2.75, 3.05) is 44.9 Å². The van der Waals surface area contributed by atoms with Crippen LogP contribution in [0.4, 0.5) is 0 Å². The van der Waals surface area contributed by atoms with Crippen molar-refractivity contribution in [1.29, 1.82) is 0 Å². The molecule has 1 unspecified atom stereocenters. The maximum Gasteiger partial charge on any atom is 0.161 e. The smallest absolute Gasteiger partial charge is 0.161 e. The van der Waals surface area contributed by atoms with Crippen LogP contribution in [0, 0.1) is 0 Å².